The molecule has 1 aromatic heterocycles. The fraction of sp³-hybridized carbons (Fsp3) is 0.200. The predicted molar refractivity (Wildman–Crippen MR) is 67.9 cm³/mol. The Balaban J connectivity index is 2.58. The third kappa shape index (κ3) is 1.78. The lowest BCUT2D eigenvalue weighted by Crippen LogP contribution is -1.90. The van der Waals surface area contributed by atoms with Crippen molar-refractivity contribution >= 4 is 50.0 Å². The van der Waals surface area contributed by atoms with Gasteiger partial charge in [-0.1, -0.05) is 0 Å². The molecule has 14 heavy (non-hydrogen) atoms. The van der Waals surface area contributed by atoms with Crippen molar-refractivity contribution in [2.24, 2.45) is 0 Å². The van der Waals surface area contributed by atoms with E-state index in [1.165, 1.54) is 4.70 Å². The summed E-state index contributed by atoms with van der Waals surface area (Å²) in [5, 5.41) is 1.15. The van der Waals surface area contributed by atoms with Crippen LogP contribution in [-0.4, -0.2) is 6.61 Å². The van der Waals surface area contributed by atoms with Crippen molar-refractivity contribution in [1.82, 2.24) is 0 Å². The Bertz CT molecular complexity index is 464. The van der Waals surface area contributed by atoms with Gasteiger partial charge in [-0.3, -0.25) is 0 Å². The fourth-order valence-corrected chi connectivity index (χ4v) is 3.23. The zero-order valence-corrected chi connectivity index (χ0v) is 10.9. The number of rotatable bonds is 2. The second-order valence-electron chi connectivity index (χ2n) is 2.82. The van der Waals surface area contributed by atoms with Crippen LogP contribution < -0.4 is 4.74 Å². The molecule has 1 aromatic carbocycles. The molecule has 0 fully saturated rings. The second kappa shape index (κ2) is 4.13. The lowest BCUT2D eigenvalue weighted by Gasteiger charge is -2.02. The van der Waals surface area contributed by atoms with Gasteiger partial charge in [-0.25, -0.2) is 0 Å². The van der Waals surface area contributed by atoms with Crippen LogP contribution in [0.2, 0.25) is 0 Å². The lowest BCUT2D eigenvalue weighted by molar-refractivity contribution is 0.340. The molecule has 0 aliphatic carbocycles. The van der Waals surface area contributed by atoms with E-state index >= 15 is 0 Å². The highest BCUT2D eigenvalue weighted by Gasteiger charge is 2.07. The highest BCUT2D eigenvalue weighted by atomic mass is 79.9. The smallest absolute Gasteiger partial charge is 0.120 e. The molecule has 1 nitrogen and oxygen atoms in total. The SMILES string of the molecule is CCOc1ccc2sc(Br)c(S)c2c1. The van der Waals surface area contributed by atoms with E-state index in [0.29, 0.717) is 6.61 Å². The van der Waals surface area contributed by atoms with Gasteiger partial charge in [0.15, 0.2) is 0 Å². The van der Waals surface area contributed by atoms with Crippen LogP contribution in [-0.2, 0) is 0 Å². The van der Waals surface area contributed by atoms with E-state index < -0.39 is 0 Å². The molecule has 0 unspecified atom stereocenters. The summed E-state index contributed by atoms with van der Waals surface area (Å²) in [6.45, 7) is 2.67. The molecule has 0 amide bonds. The zero-order chi connectivity index (χ0) is 10.1. The maximum atomic E-state index is 5.43. The second-order valence-corrected chi connectivity index (χ2v) is 5.63. The molecule has 0 radical (unpaired) electrons. The first kappa shape index (κ1) is 10.3. The summed E-state index contributed by atoms with van der Waals surface area (Å²) in [7, 11) is 0. The quantitative estimate of drug-likeness (QED) is 0.809. The molecule has 0 N–H and O–H groups in total. The first-order chi connectivity index (χ1) is 6.72. The van der Waals surface area contributed by atoms with Crippen molar-refractivity contribution in [3.63, 3.8) is 0 Å². The highest BCUT2D eigenvalue weighted by molar-refractivity contribution is 9.11. The molecule has 2 aromatic rings. The largest absolute Gasteiger partial charge is 0.494 e. The van der Waals surface area contributed by atoms with E-state index in [2.05, 4.69) is 34.6 Å². The van der Waals surface area contributed by atoms with Gasteiger partial charge < -0.3 is 4.74 Å². The molecular weight excluding hydrogens is 280 g/mol. The van der Waals surface area contributed by atoms with E-state index in [4.69, 9.17) is 4.74 Å². The summed E-state index contributed by atoms with van der Waals surface area (Å²) in [5.74, 6) is 0.903. The Hall–Kier alpha value is -0.190. The molecule has 74 valence electrons. The number of benzene rings is 1. The Morgan fingerprint density at radius 3 is 3.00 bits per heavy atom. The molecule has 0 spiro atoms. The minimum absolute atomic E-state index is 0.693. The summed E-state index contributed by atoms with van der Waals surface area (Å²) < 4.78 is 7.73. The highest BCUT2D eigenvalue weighted by Crippen LogP contribution is 2.39. The van der Waals surface area contributed by atoms with Crippen LogP contribution in [0.3, 0.4) is 0 Å². The van der Waals surface area contributed by atoms with Crippen LogP contribution >= 0.6 is 39.9 Å². The third-order valence-corrected chi connectivity index (χ3v) is 4.67. The first-order valence-corrected chi connectivity index (χ1v) is 6.32. The maximum absolute atomic E-state index is 5.43. The van der Waals surface area contributed by atoms with Gasteiger partial charge in [0.2, 0.25) is 0 Å². The van der Waals surface area contributed by atoms with Gasteiger partial charge in [-0.2, -0.15) is 0 Å². The molecular formula is C10H9BrOS2. The Kier molecular flexibility index (Phi) is 3.04. The average Bonchev–Trinajstić information content (AvgIpc) is 2.45. The van der Waals surface area contributed by atoms with Crippen LogP contribution in [0.1, 0.15) is 6.92 Å². The van der Waals surface area contributed by atoms with Gasteiger partial charge in [0, 0.05) is 15.0 Å². The summed E-state index contributed by atoms with van der Waals surface area (Å²) in [6, 6.07) is 6.08. The molecule has 1 heterocycles. The van der Waals surface area contributed by atoms with E-state index in [-0.39, 0.29) is 0 Å². The molecule has 2 rings (SSSR count). The van der Waals surface area contributed by atoms with E-state index in [0.717, 1.165) is 19.8 Å². The van der Waals surface area contributed by atoms with Crippen LogP contribution in [0.15, 0.2) is 26.9 Å². The normalized spacial score (nSPS) is 10.8. The summed E-state index contributed by atoms with van der Waals surface area (Å²) in [6.07, 6.45) is 0. The van der Waals surface area contributed by atoms with E-state index in [1.54, 1.807) is 11.3 Å². The number of hydrogen-bond donors (Lipinski definition) is 1. The molecule has 0 atom stereocenters. The number of fused-ring (bicyclic) bond motifs is 1. The van der Waals surface area contributed by atoms with Crippen molar-refractivity contribution < 1.29 is 4.74 Å². The molecule has 4 heteroatoms. The topological polar surface area (TPSA) is 9.23 Å². The van der Waals surface area contributed by atoms with Crippen molar-refractivity contribution in [2.75, 3.05) is 6.61 Å². The third-order valence-electron chi connectivity index (χ3n) is 1.90. The summed E-state index contributed by atoms with van der Waals surface area (Å²) in [4.78, 5) is 0.992. The molecule has 0 aliphatic heterocycles. The van der Waals surface area contributed by atoms with Gasteiger partial charge in [-0.05, 0) is 41.1 Å². The monoisotopic (exact) mass is 288 g/mol. The maximum Gasteiger partial charge on any atom is 0.120 e. The predicted octanol–water partition coefficient (Wildman–Crippen LogP) is 4.35. The fourth-order valence-electron chi connectivity index (χ4n) is 1.29. The van der Waals surface area contributed by atoms with Gasteiger partial charge in [0.1, 0.15) is 5.75 Å². The standard InChI is InChI=1S/C10H9BrOS2/c1-2-12-6-3-4-8-7(5-6)9(13)10(11)14-8/h3-5,13H,2H2,1H3. The molecule has 0 bridgehead atoms. The van der Waals surface area contributed by atoms with E-state index in [9.17, 15) is 0 Å². The first-order valence-electron chi connectivity index (χ1n) is 4.26. The molecule has 0 saturated carbocycles. The van der Waals surface area contributed by atoms with Crippen molar-refractivity contribution in [1.29, 1.82) is 0 Å². The van der Waals surface area contributed by atoms with Gasteiger partial charge in [0.05, 0.1) is 10.4 Å². The van der Waals surface area contributed by atoms with E-state index in [1.807, 2.05) is 19.1 Å². The Morgan fingerprint density at radius 1 is 1.50 bits per heavy atom. The lowest BCUT2D eigenvalue weighted by atomic mass is 10.2. The number of thiol groups is 1. The van der Waals surface area contributed by atoms with Crippen LogP contribution in [0.5, 0.6) is 5.75 Å². The number of halogens is 1. The summed E-state index contributed by atoms with van der Waals surface area (Å²) in [5.41, 5.74) is 0. The zero-order valence-electron chi connectivity index (χ0n) is 7.58. The summed E-state index contributed by atoms with van der Waals surface area (Å²) >= 11 is 9.60. The molecule has 0 aliphatic rings. The molecule has 0 saturated heterocycles. The average molecular weight is 289 g/mol. The number of thiophene rings is 1. The number of ether oxygens (including phenoxy) is 1. The Labute approximate surface area is 101 Å². The Morgan fingerprint density at radius 2 is 2.29 bits per heavy atom. The minimum atomic E-state index is 0.693. The number of hydrogen-bond acceptors (Lipinski definition) is 3. The van der Waals surface area contributed by atoms with Crippen molar-refractivity contribution in [2.45, 2.75) is 11.8 Å². The van der Waals surface area contributed by atoms with Crippen molar-refractivity contribution in [3.8, 4) is 5.75 Å². The van der Waals surface area contributed by atoms with Crippen LogP contribution in [0.25, 0.3) is 10.1 Å². The van der Waals surface area contributed by atoms with Gasteiger partial charge in [-0.15, -0.1) is 24.0 Å². The minimum Gasteiger partial charge on any atom is -0.494 e. The van der Waals surface area contributed by atoms with Gasteiger partial charge in [0.25, 0.3) is 0 Å². The van der Waals surface area contributed by atoms with Crippen molar-refractivity contribution in [3.05, 3.63) is 22.0 Å². The van der Waals surface area contributed by atoms with Crippen LogP contribution in [0.4, 0.5) is 0 Å². The van der Waals surface area contributed by atoms with Crippen LogP contribution in [0, 0.1) is 0 Å². The van der Waals surface area contributed by atoms with Gasteiger partial charge >= 0.3 is 0 Å².